The van der Waals surface area contributed by atoms with E-state index in [1.807, 2.05) is 6.92 Å². The highest BCUT2D eigenvalue weighted by Crippen LogP contribution is 2.25. The molecule has 0 bridgehead atoms. The van der Waals surface area contributed by atoms with Gasteiger partial charge in [0.2, 0.25) is 11.2 Å². The number of carbonyl (C=O) groups is 1. The number of halogens is 1. The molecule has 17 heavy (non-hydrogen) atoms. The van der Waals surface area contributed by atoms with Crippen LogP contribution in [0.3, 0.4) is 0 Å². The van der Waals surface area contributed by atoms with Crippen LogP contribution >= 0.6 is 11.6 Å². The second kappa shape index (κ2) is 3.70. The molecule has 6 heteroatoms. The molecule has 3 rings (SSSR count). The summed E-state index contributed by atoms with van der Waals surface area (Å²) in [6.45, 7) is 3.33. The van der Waals surface area contributed by atoms with E-state index in [0.29, 0.717) is 13.0 Å². The molecule has 1 aliphatic heterocycles. The molecule has 1 aliphatic rings. The summed E-state index contributed by atoms with van der Waals surface area (Å²) < 4.78 is 2.05. The number of hydrogen-bond acceptors (Lipinski definition) is 3. The Balaban J connectivity index is 2.31. The van der Waals surface area contributed by atoms with E-state index >= 15 is 0 Å². The number of hydrogen-bond donors (Lipinski definition) is 1. The van der Waals surface area contributed by atoms with Gasteiger partial charge in [-0.3, -0.25) is 4.79 Å². The average Bonchev–Trinajstić information content (AvgIpc) is 2.48. The summed E-state index contributed by atoms with van der Waals surface area (Å²) in [4.78, 5) is 19.8. The Morgan fingerprint density at radius 1 is 1.53 bits per heavy atom. The van der Waals surface area contributed by atoms with Gasteiger partial charge in [0, 0.05) is 30.4 Å². The first-order valence-electron chi connectivity index (χ1n) is 5.43. The van der Waals surface area contributed by atoms with Crippen molar-refractivity contribution < 1.29 is 4.79 Å². The van der Waals surface area contributed by atoms with Crippen molar-refractivity contribution in [3.05, 3.63) is 22.7 Å². The molecule has 88 valence electrons. The summed E-state index contributed by atoms with van der Waals surface area (Å²) in [5.74, 6) is 0.0497. The molecule has 0 aliphatic carbocycles. The first kappa shape index (κ1) is 10.5. The average molecular weight is 251 g/mol. The van der Waals surface area contributed by atoms with Crippen LogP contribution in [-0.4, -0.2) is 27.0 Å². The third kappa shape index (κ3) is 1.58. The van der Waals surface area contributed by atoms with Crippen LogP contribution in [0.15, 0.2) is 6.20 Å². The number of fused-ring (bicyclic) bond motifs is 3. The predicted molar refractivity (Wildman–Crippen MR) is 64.0 cm³/mol. The monoisotopic (exact) mass is 250 g/mol. The van der Waals surface area contributed by atoms with Gasteiger partial charge in [-0.25, -0.2) is 4.98 Å². The van der Waals surface area contributed by atoms with Crippen molar-refractivity contribution in [2.45, 2.75) is 19.9 Å². The van der Waals surface area contributed by atoms with Crippen LogP contribution in [0.5, 0.6) is 0 Å². The Kier molecular flexibility index (Phi) is 2.29. The maximum atomic E-state index is 11.6. The molecule has 0 aromatic carbocycles. The lowest BCUT2D eigenvalue weighted by atomic mass is 10.1. The molecule has 0 radical (unpaired) electrons. The fraction of sp³-hybridized carbons (Fsp3) is 0.364. The van der Waals surface area contributed by atoms with Crippen molar-refractivity contribution in [2.75, 3.05) is 6.54 Å². The fourth-order valence-electron chi connectivity index (χ4n) is 2.30. The zero-order valence-corrected chi connectivity index (χ0v) is 10.1. The van der Waals surface area contributed by atoms with Gasteiger partial charge in [0.15, 0.2) is 0 Å². The van der Waals surface area contributed by atoms with E-state index in [0.717, 1.165) is 28.8 Å². The quantitative estimate of drug-likeness (QED) is 0.712. The molecule has 0 saturated carbocycles. The molecule has 1 amide bonds. The van der Waals surface area contributed by atoms with Crippen molar-refractivity contribution in [3.63, 3.8) is 0 Å². The third-order valence-electron chi connectivity index (χ3n) is 3.14. The summed E-state index contributed by atoms with van der Waals surface area (Å²) in [6, 6.07) is 0. The van der Waals surface area contributed by atoms with Crippen LogP contribution in [-0.2, 0) is 17.8 Å². The van der Waals surface area contributed by atoms with Crippen LogP contribution in [0.1, 0.15) is 11.3 Å². The number of amides is 1. The number of aromatic nitrogens is 3. The van der Waals surface area contributed by atoms with E-state index in [4.69, 9.17) is 11.6 Å². The van der Waals surface area contributed by atoms with E-state index in [9.17, 15) is 4.79 Å². The summed E-state index contributed by atoms with van der Waals surface area (Å²) in [5, 5.41) is 4.06. The maximum Gasteiger partial charge on any atom is 0.226 e. The smallest absolute Gasteiger partial charge is 0.226 e. The largest absolute Gasteiger partial charge is 0.354 e. The fourth-order valence-corrected chi connectivity index (χ4v) is 2.43. The standard InChI is InChI=1S/C11H11ClN4O/c1-6-7-5-14-11(12)15-10(7)16-3-2-13-9(17)4-8(6)16/h5H,2-4H2,1H3,(H,13,17). The highest BCUT2D eigenvalue weighted by Gasteiger charge is 2.20. The number of nitrogens with zero attached hydrogens (tertiary/aromatic N) is 3. The maximum absolute atomic E-state index is 11.6. The zero-order chi connectivity index (χ0) is 12.0. The van der Waals surface area contributed by atoms with E-state index in [1.165, 1.54) is 0 Å². The van der Waals surface area contributed by atoms with E-state index in [-0.39, 0.29) is 11.2 Å². The first-order chi connectivity index (χ1) is 8.16. The van der Waals surface area contributed by atoms with Gasteiger partial charge in [0.25, 0.3) is 0 Å². The summed E-state index contributed by atoms with van der Waals surface area (Å²) in [5.41, 5.74) is 2.88. The molecule has 0 saturated heterocycles. The van der Waals surface area contributed by atoms with Crippen molar-refractivity contribution in [3.8, 4) is 0 Å². The second-order valence-electron chi connectivity index (χ2n) is 4.13. The minimum absolute atomic E-state index is 0.0497. The van der Waals surface area contributed by atoms with Crippen LogP contribution in [0.2, 0.25) is 5.28 Å². The lowest BCUT2D eigenvalue weighted by Gasteiger charge is -2.04. The molecular formula is C11H11ClN4O. The predicted octanol–water partition coefficient (Wildman–Crippen LogP) is 1.07. The first-order valence-corrected chi connectivity index (χ1v) is 5.81. The molecule has 5 nitrogen and oxygen atoms in total. The van der Waals surface area contributed by atoms with E-state index in [2.05, 4.69) is 19.9 Å². The molecule has 0 spiro atoms. The lowest BCUT2D eigenvalue weighted by Crippen LogP contribution is -2.24. The minimum atomic E-state index is 0.0497. The molecule has 0 fully saturated rings. The van der Waals surface area contributed by atoms with Crippen LogP contribution in [0, 0.1) is 6.92 Å². The van der Waals surface area contributed by atoms with Gasteiger partial charge in [0.05, 0.1) is 6.42 Å². The Hall–Kier alpha value is -1.62. The Morgan fingerprint density at radius 3 is 3.18 bits per heavy atom. The number of carbonyl (C=O) groups excluding carboxylic acids is 1. The molecule has 2 aromatic heterocycles. The van der Waals surface area contributed by atoms with Gasteiger partial charge in [-0.2, -0.15) is 4.98 Å². The van der Waals surface area contributed by atoms with Crippen molar-refractivity contribution in [1.29, 1.82) is 0 Å². The minimum Gasteiger partial charge on any atom is -0.354 e. The normalized spacial score (nSPS) is 15.5. The van der Waals surface area contributed by atoms with Crippen molar-refractivity contribution in [1.82, 2.24) is 19.9 Å². The van der Waals surface area contributed by atoms with Crippen LogP contribution in [0.4, 0.5) is 0 Å². The highest BCUT2D eigenvalue weighted by atomic mass is 35.5. The van der Waals surface area contributed by atoms with Crippen molar-refractivity contribution >= 4 is 28.5 Å². The SMILES string of the molecule is Cc1c2n(c3nc(Cl)ncc13)CCNC(=O)C2. The highest BCUT2D eigenvalue weighted by molar-refractivity contribution is 6.28. The van der Waals surface area contributed by atoms with Crippen molar-refractivity contribution in [2.24, 2.45) is 0 Å². The summed E-state index contributed by atoms with van der Waals surface area (Å²) in [7, 11) is 0. The Bertz CT molecular complexity index is 619. The summed E-state index contributed by atoms with van der Waals surface area (Å²) >= 11 is 5.82. The van der Waals surface area contributed by atoms with Gasteiger partial charge in [-0.1, -0.05) is 0 Å². The van der Waals surface area contributed by atoms with Gasteiger partial charge in [-0.05, 0) is 24.1 Å². The summed E-state index contributed by atoms with van der Waals surface area (Å²) in [6.07, 6.45) is 2.11. The topological polar surface area (TPSA) is 59.8 Å². The van der Waals surface area contributed by atoms with Gasteiger partial charge < -0.3 is 9.88 Å². The molecule has 1 N–H and O–H groups in total. The van der Waals surface area contributed by atoms with Crippen LogP contribution < -0.4 is 5.32 Å². The van der Waals surface area contributed by atoms with Crippen LogP contribution in [0.25, 0.3) is 11.0 Å². The Morgan fingerprint density at radius 2 is 2.35 bits per heavy atom. The number of rotatable bonds is 0. The van der Waals surface area contributed by atoms with E-state index < -0.39 is 0 Å². The molecule has 0 unspecified atom stereocenters. The zero-order valence-electron chi connectivity index (χ0n) is 9.33. The van der Waals surface area contributed by atoms with Gasteiger partial charge >= 0.3 is 0 Å². The second-order valence-corrected chi connectivity index (χ2v) is 4.46. The number of aryl methyl sites for hydroxylation is 1. The molecule has 0 atom stereocenters. The van der Waals surface area contributed by atoms with E-state index in [1.54, 1.807) is 6.20 Å². The third-order valence-corrected chi connectivity index (χ3v) is 3.33. The number of nitrogens with one attached hydrogen (secondary N) is 1. The Labute approximate surface area is 103 Å². The van der Waals surface area contributed by atoms with Gasteiger partial charge in [-0.15, -0.1) is 0 Å². The van der Waals surface area contributed by atoms with Gasteiger partial charge in [0.1, 0.15) is 5.65 Å². The molecule has 3 heterocycles. The molecule has 2 aromatic rings. The lowest BCUT2D eigenvalue weighted by molar-refractivity contribution is -0.120. The molecular weight excluding hydrogens is 240 g/mol.